The summed E-state index contributed by atoms with van der Waals surface area (Å²) in [7, 11) is 0. The summed E-state index contributed by atoms with van der Waals surface area (Å²) in [5.74, 6) is 0.362. The van der Waals surface area contributed by atoms with Crippen LogP contribution in [0.25, 0.3) is 0 Å². The molecule has 0 aliphatic carbocycles. The van der Waals surface area contributed by atoms with E-state index in [-0.39, 0.29) is 5.91 Å². The molecule has 0 fully saturated rings. The lowest BCUT2D eigenvalue weighted by atomic mass is 10.1. The summed E-state index contributed by atoms with van der Waals surface area (Å²) in [6.07, 6.45) is 1.57. The molecule has 0 aliphatic rings. The molecule has 5 heteroatoms. The number of nitrogens with two attached hydrogens (primary N) is 1. The maximum absolute atomic E-state index is 11.9. The number of anilines is 2. The molecule has 0 aliphatic heterocycles. The van der Waals surface area contributed by atoms with Gasteiger partial charge in [-0.1, -0.05) is 6.07 Å². The van der Waals surface area contributed by atoms with E-state index in [4.69, 9.17) is 5.73 Å². The minimum absolute atomic E-state index is 0.200. The highest BCUT2D eigenvalue weighted by Gasteiger charge is 2.09. The summed E-state index contributed by atoms with van der Waals surface area (Å²) >= 11 is 0. The number of aryl methyl sites for hydroxylation is 1. The average molecular weight is 216 g/mol. The second-order valence-corrected chi connectivity index (χ2v) is 3.50. The van der Waals surface area contributed by atoms with Crippen molar-refractivity contribution in [2.24, 2.45) is 0 Å². The summed E-state index contributed by atoms with van der Waals surface area (Å²) in [4.78, 5) is 11.9. The Labute approximate surface area is 92.7 Å². The van der Waals surface area contributed by atoms with Crippen LogP contribution in [0.3, 0.4) is 0 Å². The standard InChI is InChI=1S/C11H12N4O/c1-7-2-3-8(12)6-9(7)11(16)14-10-4-5-13-15-10/h2-6H,12H2,1H3,(H2,13,14,15,16). The van der Waals surface area contributed by atoms with E-state index in [1.54, 1.807) is 24.4 Å². The van der Waals surface area contributed by atoms with E-state index in [0.29, 0.717) is 17.1 Å². The number of hydrogen-bond acceptors (Lipinski definition) is 3. The van der Waals surface area contributed by atoms with E-state index in [9.17, 15) is 4.79 Å². The average Bonchev–Trinajstić information content (AvgIpc) is 2.74. The Morgan fingerprint density at radius 3 is 2.94 bits per heavy atom. The molecular formula is C11H12N4O. The van der Waals surface area contributed by atoms with Crippen LogP contribution in [-0.2, 0) is 0 Å². The lowest BCUT2D eigenvalue weighted by Crippen LogP contribution is -2.14. The van der Waals surface area contributed by atoms with E-state index < -0.39 is 0 Å². The first-order chi connectivity index (χ1) is 7.66. The summed E-state index contributed by atoms with van der Waals surface area (Å²) in [5, 5.41) is 9.10. The van der Waals surface area contributed by atoms with Gasteiger partial charge in [0.25, 0.3) is 5.91 Å². The molecule has 1 amide bonds. The van der Waals surface area contributed by atoms with Crippen LogP contribution >= 0.6 is 0 Å². The maximum atomic E-state index is 11.9. The van der Waals surface area contributed by atoms with E-state index in [2.05, 4.69) is 15.5 Å². The van der Waals surface area contributed by atoms with Crippen molar-refractivity contribution in [2.75, 3.05) is 11.1 Å². The Morgan fingerprint density at radius 2 is 2.25 bits per heavy atom. The fourth-order valence-electron chi connectivity index (χ4n) is 1.40. The number of amides is 1. The number of carbonyl (C=O) groups excluding carboxylic acids is 1. The normalized spacial score (nSPS) is 10.1. The largest absolute Gasteiger partial charge is 0.399 e. The van der Waals surface area contributed by atoms with Crippen molar-refractivity contribution in [1.82, 2.24) is 10.2 Å². The van der Waals surface area contributed by atoms with Crippen LogP contribution in [0.4, 0.5) is 11.5 Å². The molecule has 0 unspecified atom stereocenters. The van der Waals surface area contributed by atoms with Crippen molar-refractivity contribution in [2.45, 2.75) is 6.92 Å². The van der Waals surface area contributed by atoms with Crippen molar-refractivity contribution >= 4 is 17.4 Å². The van der Waals surface area contributed by atoms with Gasteiger partial charge in [0.05, 0.1) is 6.20 Å². The lowest BCUT2D eigenvalue weighted by Gasteiger charge is -2.06. The summed E-state index contributed by atoms with van der Waals surface area (Å²) in [6, 6.07) is 6.92. The number of benzene rings is 1. The minimum atomic E-state index is -0.200. The predicted octanol–water partition coefficient (Wildman–Crippen LogP) is 1.55. The van der Waals surface area contributed by atoms with Gasteiger partial charge >= 0.3 is 0 Å². The summed E-state index contributed by atoms with van der Waals surface area (Å²) < 4.78 is 0. The Hall–Kier alpha value is -2.30. The van der Waals surface area contributed by atoms with Gasteiger partial charge < -0.3 is 11.1 Å². The Bertz CT molecular complexity index is 505. The van der Waals surface area contributed by atoms with Crippen molar-refractivity contribution in [1.29, 1.82) is 0 Å². The number of nitrogens with one attached hydrogen (secondary N) is 2. The maximum Gasteiger partial charge on any atom is 0.257 e. The predicted molar refractivity (Wildman–Crippen MR) is 62.1 cm³/mol. The molecule has 2 aromatic rings. The Balaban J connectivity index is 2.24. The highest BCUT2D eigenvalue weighted by Crippen LogP contribution is 2.14. The third kappa shape index (κ3) is 2.03. The number of aromatic nitrogens is 2. The topological polar surface area (TPSA) is 83.8 Å². The van der Waals surface area contributed by atoms with Gasteiger partial charge in [0, 0.05) is 17.3 Å². The van der Waals surface area contributed by atoms with Crippen LogP contribution < -0.4 is 11.1 Å². The van der Waals surface area contributed by atoms with E-state index in [1.165, 1.54) is 0 Å². The quantitative estimate of drug-likeness (QED) is 0.666. The molecule has 1 aromatic heterocycles. The number of hydrogen-bond donors (Lipinski definition) is 3. The fraction of sp³-hybridized carbons (Fsp3) is 0.0909. The number of nitrogen functional groups attached to an aromatic ring is 1. The van der Waals surface area contributed by atoms with Gasteiger partial charge in [-0.2, -0.15) is 5.10 Å². The van der Waals surface area contributed by atoms with Crippen LogP contribution in [0.15, 0.2) is 30.5 Å². The van der Waals surface area contributed by atoms with E-state index in [0.717, 1.165) is 5.56 Å². The van der Waals surface area contributed by atoms with Crippen LogP contribution in [-0.4, -0.2) is 16.1 Å². The molecule has 0 spiro atoms. The molecule has 0 radical (unpaired) electrons. The first-order valence-electron chi connectivity index (χ1n) is 4.83. The molecule has 5 nitrogen and oxygen atoms in total. The monoisotopic (exact) mass is 216 g/mol. The van der Waals surface area contributed by atoms with Crippen molar-refractivity contribution in [3.05, 3.63) is 41.6 Å². The Kier molecular flexibility index (Phi) is 2.59. The second kappa shape index (κ2) is 4.06. The second-order valence-electron chi connectivity index (χ2n) is 3.50. The molecule has 82 valence electrons. The fourth-order valence-corrected chi connectivity index (χ4v) is 1.40. The van der Waals surface area contributed by atoms with E-state index in [1.807, 2.05) is 13.0 Å². The number of H-pyrrole nitrogens is 1. The number of aromatic amines is 1. The van der Waals surface area contributed by atoms with Crippen molar-refractivity contribution in [3.8, 4) is 0 Å². The van der Waals surface area contributed by atoms with Crippen LogP contribution in [0.2, 0.25) is 0 Å². The van der Waals surface area contributed by atoms with Crippen LogP contribution in [0.5, 0.6) is 0 Å². The molecule has 0 atom stereocenters. The molecule has 1 aromatic carbocycles. The van der Waals surface area contributed by atoms with Gasteiger partial charge in [-0.15, -0.1) is 0 Å². The van der Waals surface area contributed by atoms with Gasteiger partial charge in [0.15, 0.2) is 0 Å². The van der Waals surface area contributed by atoms with Gasteiger partial charge in [-0.3, -0.25) is 9.89 Å². The lowest BCUT2D eigenvalue weighted by molar-refractivity contribution is 0.102. The zero-order chi connectivity index (χ0) is 11.5. The molecule has 0 saturated heterocycles. The summed E-state index contributed by atoms with van der Waals surface area (Å²) in [5.41, 5.74) is 7.65. The van der Waals surface area contributed by atoms with Gasteiger partial charge in [0.1, 0.15) is 5.82 Å². The first-order valence-corrected chi connectivity index (χ1v) is 4.83. The molecule has 0 bridgehead atoms. The zero-order valence-electron chi connectivity index (χ0n) is 8.82. The molecule has 16 heavy (non-hydrogen) atoms. The van der Waals surface area contributed by atoms with Crippen molar-refractivity contribution in [3.63, 3.8) is 0 Å². The first kappa shape index (κ1) is 10.2. The molecular weight excluding hydrogens is 204 g/mol. The van der Waals surface area contributed by atoms with Crippen LogP contribution in [0.1, 0.15) is 15.9 Å². The highest BCUT2D eigenvalue weighted by atomic mass is 16.1. The summed E-state index contributed by atoms with van der Waals surface area (Å²) in [6.45, 7) is 1.86. The van der Waals surface area contributed by atoms with Crippen LogP contribution in [0, 0.1) is 6.92 Å². The molecule has 2 rings (SSSR count). The molecule has 1 heterocycles. The smallest absolute Gasteiger partial charge is 0.257 e. The van der Waals surface area contributed by atoms with Gasteiger partial charge in [0.2, 0.25) is 0 Å². The van der Waals surface area contributed by atoms with Gasteiger partial charge in [-0.25, -0.2) is 0 Å². The number of carbonyl (C=O) groups is 1. The number of rotatable bonds is 2. The number of nitrogens with zero attached hydrogens (tertiary/aromatic N) is 1. The zero-order valence-corrected chi connectivity index (χ0v) is 8.82. The third-order valence-corrected chi connectivity index (χ3v) is 2.26. The van der Waals surface area contributed by atoms with Crippen molar-refractivity contribution < 1.29 is 4.79 Å². The van der Waals surface area contributed by atoms with Gasteiger partial charge in [-0.05, 0) is 24.6 Å². The molecule has 4 N–H and O–H groups in total. The SMILES string of the molecule is Cc1ccc(N)cc1C(=O)Nc1ccn[nH]1. The highest BCUT2D eigenvalue weighted by molar-refractivity contribution is 6.05. The molecule has 0 saturated carbocycles. The Morgan fingerprint density at radius 1 is 1.44 bits per heavy atom. The van der Waals surface area contributed by atoms with E-state index >= 15 is 0 Å². The minimum Gasteiger partial charge on any atom is -0.399 e. The third-order valence-electron chi connectivity index (χ3n) is 2.26.